The average Bonchev–Trinajstić information content (AvgIpc) is 3.12. The van der Waals surface area contributed by atoms with E-state index in [1.54, 1.807) is 16.9 Å². The molecule has 1 aliphatic rings. The van der Waals surface area contributed by atoms with Crippen LogP contribution in [0.5, 0.6) is 0 Å². The number of hydrogen-bond donors (Lipinski definition) is 1. The van der Waals surface area contributed by atoms with Gasteiger partial charge in [0.15, 0.2) is 5.69 Å². The Kier molecular flexibility index (Phi) is 4.11. The molecule has 1 aromatic carbocycles. The van der Waals surface area contributed by atoms with Crippen LogP contribution in [0.25, 0.3) is 10.9 Å². The van der Waals surface area contributed by atoms with Crippen LogP contribution in [-0.4, -0.2) is 38.9 Å². The minimum Gasteiger partial charge on any atom is -0.476 e. The highest BCUT2D eigenvalue weighted by molar-refractivity contribution is 5.85. The second-order valence-electron chi connectivity index (χ2n) is 7.05. The van der Waals surface area contributed by atoms with Crippen LogP contribution in [0.3, 0.4) is 0 Å². The normalized spacial score (nSPS) is 17.6. The number of benzene rings is 1. The maximum atomic E-state index is 11.1. The summed E-state index contributed by atoms with van der Waals surface area (Å²) in [5.74, 6) is -0.00507. The summed E-state index contributed by atoms with van der Waals surface area (Å²) in [5.41, 5.74) is 3.54. The molecular formula is C20H22N4O2. The van der Waals surface area contributed by atoms with E-state index in [1.807, 2.05) is 0 Å². The van der Waals surface area contributed by atoms with Gasteiger partial charge in [-0.1, -0.05) is 12.1 Å². The van der Waals surface area contributed by atoms with Crippen molar-refractivity contribution >= 4 is 22.7 Å². The Labute approximate surface area is 152 Å². The summed E-state index contributed by atoms with van der Waals surface area (Å²) in [5, 5.41) is 14.5. The first-order valence-corrected chi connectivity index (χ1v) is 8.92. The number of carbonyl (C=O) groups is 1. The molecule has 0 spiro atoms. The van der Waals surface area contributed by atoms with Crippen LogP contribution in [-0.2, 0) is 0 Å². The van der Waals surface area contributed by atoms with Crippen molar-refractivity contribution in [2.24, 2.45) is 0 Å². The van der Waals surface area contributed by atoms with Gasteiger partial charge in [-0.15, -0.1) is 0 Å². The molecule has 1 saturated heterocycles. The zero-order valence-corrected chi connectivity index (χ0v) is 15.0. The summed E-state index contributed by atoms with van der Waals surface area (Å²) in [7, 11) is 0. The van der Waals surface area contributed by atoms with Gasteiger partial charge in [-0.3, -0.25) is 4.68 Å². The van der Waals surface area contributed by atoms with Gasteiger partial charge in [0.05, 0.1) is 11.6 Å². The topological polar surface area (TPSA) is 71.2 Å². The molecule has 2 aromatic heterocycles. The van der Waals surface area contributed by atoms with Crippen molar-refractivity contribution in [2.45, 2.75) is 32.7 Å². The highest BCUT2D eigenvalue weighted by Gasteiger charge is 2.24. The van der Waals surface area contributed by atoms with Crippen LogP contribution in [0, 0.1) is 13.8 Å². The summed E-state index contributed by atoms with van der Waals surface area (Å²) >= 11 is 0. The molecule has 1 atom stereocenters. The third-order valence-corrected chi connectivity index (χ3v) is 5.08. The Morgan fingerprint density at radius 3 is 2.85 bits per heavy atom. The highest BCUT2D eigenvalue weighted by Crippen LogP contribution is 2.28. The molecule has 1 N–H and O–H groups in total. The number of hydrogen-bond acceptors (Lipinski definition) is 4. The van der Waals surface area contributed by atoms with Crippen molar-refractivity contribution in [3.8, 4) is 0 Å². The predicted molar refractivity (Wildman–Crippen MR) is 101 cm³/mol. The molecule has 6 nitrogen and oxygen atoms in total. The molecule has 1 unspecified atom stereocenters. The van der Waals surface area contributed by atoms with E-state index in [9.17, 15) is 4.79 Å². The number of carboxylic acids is 1. The van der Waals surface area contributed by atoms with Crippen molar-refractivity contribution in [2.75, 3.05) is 18.0 Å². The van der Waals surface area contributed by atoms with Gasteiger partial charge in [0.1, 0.15) is 5.82 Å². The first kappa shape index (κ1) is 16.6. The summed E-state index contributed by atoms with van der Waals surface area (Å²) in [4.78, 5) is 18.2. The molecule has 26 heavy (non-hydrogen) atoms. The molecule has 3 aromatic rings. The summed E-state index contributed by atoms with van der Waals surface area (Å²) < 4.78 is 1.79. The van der Waals surface area contributed by atoms with Crippen LogP contribution in [0.15, 0.2) is 36.5 Å². The summed E-state index contributed by atoms with van der Waals surface area (Å²) in [6.45, 7) is 5.94. The standard InChI is InChI=1S/C20H22N4O2/c1-13-5-6-16-14(2)11-19(21-18(16)10-13)23-8-3-4-15(12-23)24-9-7-17(22-24)20(25)26/h5-7,9-11,15H,3-4,8,12H2,1-2H3,(H,25,26). The third kappa shape index (κ3) is 3.03. The van der Waals surface area contributed by atoms with E-state index in [2.05, 4.69) is 48.1 Å². The number of rotatable bonds is 3. The first-order chi connectivity index (χ1) is 12.5. The number of fused-ring (bicyclic) bond motifs is 1. The molecule has 0 radical (unpaired) electrons. The van der Waals surface area contributed by atoms with Crippen LogP contribution in [0.1, 0.15) is 40.5 Å². The Morgan fingerprint density at radius 2 is 2.08 bits per heavy atom. The second-order valence-corrected chi connectivity index (χ2v) is 7.05. The number of carboxylic acid groups (broad SMARTS) is 1. The third-order valence-electron chi connectivity index (χ3n) is 5.08. The van der Waals surface area contributed by atoms with Crippen LogP contribution in [0.4, 0.5) is 5.82 Å². The number of aromatic nitrogens is 3. The number of pyridine rings is 1. The zero-order valence-electron chi connectivity index (χ0n) is 15.0. The van der Waals surface area contributed by atoms with E-state index >= 15 is 0 Å². The maximum absolute atomic E-state index is 11.1. The molecule has 0 aliphatic carbocycles. The minimum atomic E-state index is -0.987. The van der Waals surface area contributed by atoms with Crippen LogP contribution >= 0.6 is 0 Å². The van der Waals surface area contributed by atoms with Crippen LogP contribution < -0.4 is 4.90 Å². The van der Waals surface area contributed by atoms with E-state index in [1.165, 1.54) is 16.5 Å². The molecule has 6 heteroatoms. The lowest BCUT2D eigenvalue weighted by atomic mass is 10.0. The van der Waals surface area contributed by atoms with Gasteiger partial charge in [0.25, 0.3) is 0 Å². The van der Waals surface area contributed by atoms with Gasteiger partial charge >= 0.3 is 5.97 Å². The lowest BCUT2D eigenvalue weighted by molar-refractivity contribution is 0.0689. The van der Waals surface area contributed by atoms with Crippen molar-refractivity contribution < 1.29 is 9.90 Å². The summed E-state index contributed by atoms with van der Waals surface area (Å²) in [6.07, 6.45) is 3.78. The Morgan fingerprint density at radius 1 is 1.23 bits per heavy atom. The Balaban J connectivity index is 1.63. The van der Waals surface area contributed by atoms with E-state index in [-0.39, 0.29) is 11.7 Å². The average molecular weight is 350 g/mol. The Hall–Kier alpha value is -2.89. The molecule has 4 rings (SSSR count). The summed E-state index contributed by atoms with van der Waals surface area (Å²) in [6, 6.07) is 10.2. The number of anilines is 1. The molecule has 0 bridgehead atoms. The lowest BCUT2D eigenvalue weighted by Gasteiger charge is -2.34. The molecule has 1 fully saturated rings. The maximum Gasteiger partial charge on any atom is 0.356 e. The fourth-order valence-corrected chi connectivity index (χ4v) is 3.69. The Bertz CT molecular complexity index is 979. The fourth-order valence-electron chi connectivity index (χ4n) is 3.69. The molecular weight excluding hydrogens is 328 g/mol. The van der Waals surface area contributed by atoms with Crippen molar-refractivity contribution in [1.29, 1.82) is 0 Å². The largest absolute Gasteiger partial charge is 0.476 e. The van der Waals surface area contributed by atoms with Gasteiger partial charge in [0, 0.05) is 24.7 Å². The van der Waals surface area contributed by atoms with E-state index in [4.69, 9.17) is 10.1 Å². The molecule has 0 amide bonds. The predicted octanol–water partition coefficient (Wildman–Crippen LogP) is 3.59. The number of piperidine rings is 1. The quantitative estimate of drug-likeness (QED) is 0.782. The van der Waals surface area contributed by atoms with Gasteiger partial charge in [0.2, 0.25) is 0 Å². The number of aryl methyl sites for hydroxylation is 2. The van der Waals surface area contributed by atoms with Gasteiger partial charge in [-0.2, -0.15) is 5.10 Å². The van der Waals surface area contributed by atoms with E-state index < -0.39 is 5.97 Å². The monoisotopic (exact) mass is 350 g/mol. The van der Waals surface area contributed by atoms with E-state index in [0.717, 1.165) is 37.3 Å². The van der Waals surface area contributed by atoms with Crippen LogP contribution in [0.2, 0.25) is 0 Å². The van der Waals surface area contributed by atoms with E-state index in [0.29, 0.717) is 0 Å². The van der Waals surface area contributed by atoms with Gasteiger partial charge < -0.3 is 10.0 Å². The second kappa shape index (κ2) is 6.44. The first-order valence-electron chi connectivity index (χ1n) is 8.92. The van der Waals surface area contributed by atoms with Crippen molar-refractivity contribution in [1.82, 2.24) is 14.8 Å². The number of aromatic carboxylic acids is 1. The molecule has 134 valence electrons. The zero-order chi connectivity index (χ0) is 18.3. The smallest absolute Gasteiger partial charge is 0.356 e. The fraction of sp³-hybridized carbons (Fsp3) is 0.350. The van der Waals surface area contributed by atoms with Crippen molar-refractivity contribution in [3.05, 3.63) is 53.3 Å². The SMILES string of the molecule is Cc1ccc2c(C)cc(N3CCCC(n4ccc(C(=O)O)n4)C3)nc2c1. The highest BCUT2D eigenvalue weighted by atomic mass is 16.4. The molecule has 3 heterocycles. The molecule has 1 aliphatic heterocycles. The number of nitrogens with zero attached hydrogens (tertiary/aromatic N) is 4. The minimum absolute atomic E-state index is 0.0947. The lowest BCUT2D eigenvalue weighted by Crippen LogP contribution is -2.37. The molecule has 0 saturated carbocycles. The van der Waals surface area contributed by atoms with Crippen molar-refractivity contribution in [3.63, 3.8) is 0 Å². The van der Waals surface area contributed by atoms with Gasteiger partial charge in [-0.25, -0.2) is 9.78 Å². The van der Waals surface area contributed by atoms with Gasteiger partial charge in [-0.05, 0) is 56.0 Å².